The first kappa shape index (κ1) is 18.2. The molecule has 1 fully saturated rings. The normalized spacial score (nSPS) is 17.7. The lowest BCUT2D eigenvalue weighted by Gasteiger charge is -2.41. The van der Waals surface area contributed by atoms with Gasteiger partial charge in [-0.3, -0.25) is 4.79 Å². The monoisotopic (exact) mass is 374 g/mol. The SMILES string of the molecule is CSc1ccc(Cl)c(C(=O)N2CCN(c3cccc(C)c3)[C@@H](C)C2)c1. The summed E-state index contributed by atoms with van der Waals surface area (Å²) in [5.74, 6) is 0.0247. The van der Waals surface area contributed by atoms with Gasteiger partial charge in [-0.25, -0.2) is 0 Å². The average Bonchev–Trinajstić information content (AvgIpc) is 2.61. The Balaban J connectivity index is 1.75. The second-order valence-electron chi connectivity index (χ2n) is 6.48. The Labute approximate surface area is 159 Å². The van der Waals surface area contributed by atoms with Gasteiger partial charge in [-0.15, -0.1) is 11.8 Å². The van der Waals surface area contributed by atoms with Crippen LogP contribution in [0.2, 0.25) is 5.02 Å². The minimum Gasteiger partial charge on any atom is -0.365 e. The molecule has 3 nitrogen and oxygen atoms in total. The van der Waals surface area contributed by atoms with Crippen molar-refractivity contribution in [2.24, 2.45) is 0 Å². The molecule has 1 atom stereocenters. The van der Waals surface area contributed by atoms with E-state index in [4.69, 9.17) is 11.6 Å². The number of piperazine rings is 1. The molecule has 0 radical (unpaired) electrons. The van der Waals surface area contributed by atoms with Crippen LogP contribution < -0.4 is 4.90 Å². The van der Waals surface area contributed by atoms with Gasteiger partial charge in [0.1, 0.15) is 0 Å². The molecule has 0 spiro atoms. The van der Waals surface area contributed by atoms with E-state index in [1.54, 1.807) is 11.8 Å². The smallest absolute Gasteiger partial charge is 0.255 e. The van der Waals surface area contributed by atoms with E-state index in [1.807, 2.05) is 29.4 Å². The number of hydrogen-bond acceptors (Lipinski definition) is 3. The zero-order valence-electron chi connectivity index (χ0n) is 14.8. The van der Waals surface area contributed by atoms with Crippen LogP contribution in [0.1, 0.15) is 22.8 Å². The lowest BCUT2D eigenvalue weighted by Crippen LogP contribution is -2.53. The topological polar surface area (TPSA) is 23.6 Å². The van der Waals surface area contributed by atoms with Crippen molar-refractivity contribution in [1.29, 1.82) is 0 Å². The second-order valence-corrected chi connectivity index (χ2v) is 7.77. The van der Waals surface area contributed by atoms with Crippen molar-refractivity contribution >= 4 is 35.0 Å². The molecule has 132 valence electrons. The fourth-order valence-electron chi connectivity index (χ4n) is 3.30. The Bertz CT molecular complexity index is 780. The van der Waals surface area contributed by atoms with Crippen molar-refractivity contribution in [2.75, 3.05) is 30.8 Å². The molecule has 0 unspecified atom stereocenters. The molecular formula is C20H23ClN2OS. The van der Waals surface area contributed by atoms with Crippen molar-refractivity contribution in [1.82, 2.24) is 4.90 Å². The Morgan fingerprint density at radius 1 is 1.20 bits per heavy atom. The first-order valence-electron chi connectivity index (χ1n) is 8.45. The molecule has 0 bridgehead atoms. The summed E-state index contributed by atoms with van der Waals surface area (Å²) in [6, 6.07) is 14.5. The molecule has 25 heavy (non-hydrogen) atoms. The first-order chi connectivity index (χ1) is 12.0. The van der Waals surface area contributed by atoms with Crippen molar-refractivity contribution < 1.29 is 4.79 Å². The maximum absolute atomic E-state index is 12.9. The van der Waals surface area contributed by atoms with Gasteiger partial charge in [-0.05, 0) is 56.0 Å². The van der Waals surface area contributed by atoms with Crippen molar-refractivity contribution in [3.63, 3.8) is 0 Å². The van der Waals surface area contributed by atoms with Crippen LogP contribution >= 0.6 is 23.4 Å². The third kappa shape index (κ3) is 3.96. The number of hydrogen-bond donors (Lipinski definition) is 0. The summed E-state index contributed by atoms with van der Waals surface area (Å²) in [6.07, 6.45) is 2.00. The first-order valence-corrected chi connectivity index (χ1v) is 10.1. The molecule has 1 heterocycles. The summed E-state index contributed by atoms with van der Waals surface area (Å²) in [7, 11) is 0. The summed E-state index contributed by atoms with van der Waals surface area (Å²) < 4.78 is 0. The number of carbonyl (C=O) groups is 1. The summed E-state index contributed by atoms with van der Waals surface area (Å²) >= 11 is 7.90. The van der Waals surface area contributed by atoms with Gasteiger partial charge in [-0.2, -0.15) is 0 Å². The van der Waals surface area contributed by atoms with Gasteiger partial charge >= 0.3 is 0 Å². The number of halogens is 1. The van der Waals surface area contributed by atoms with Gasteiger partial charge in [0.05, 0.1) is 10.6 Å². The molecule has 1 saturated heterocycles. The third-order valence-corrected chi connectivity index (χ3v) is 5.71. The molecule has 0 N–H and O–H groups in total. The number of amides is 1. The number of aryl methyl sites for hydroxylation is 1. The third-order valence-electron chi connectivity index (χ3n) is 4.65. The zero-order chi connectivity index (χ0) is 18.0. The van der Waals surface area contributed by atoms with Crippen LogP contribution in [0.25, 0.3) is 0 Å². The largest absolute Gasteiger partial charge is 0.365 e. The molecule has 1 amide bonds. The molecule has 0 saturated carbocycles. The lowest BCUT2D eigenvalue weighted by molar-refractivity contribution is 0.0726. The van der Waals surface area contributed by atoms with Gasteiger partial charge in [0.25, 0.3) is 5.91 Å². The van der Waals surface area contributed by atoms with Gasteiger partial charge < -0.3 is 9.80 Å². The summed E-state index contributed by atoms with van der Waals surface area (Å²) in [5, 5.41) is 0.525. The van der Waals surface area contributed by atoms with E-state index in [2.05, 4.69) is 43.0 Å². The summed E-state index contributed by atoms with van der Waals surface area (Å²) in [4.78, 5) is 18.3. The molecule has 3 rings (SSSR count). The highest BCUT2D eigenvalue weighted by Crippen LogP contribution is 2.26. The predicted octanol–water partition coefficient (Wildman–Crippen LogP) is 4.72. The Morgan fingerprint density at radius 2 is 2.00 bits per heavy atom. The standard InChI is InChI=1S/C20H23ClN2OS/c1-14-5-4-6-16(11-14)23-10-9-22(13-15(23)2)20(24)18-12-17(25-3)7-8-19(18)21/h4-8,11-12,15H,9-10,13H2,1-3H3/t15-/m0/s1. The van der Waals surface area contributed by atoms with E-state index in [9.17, 15) is 4.79 Å². The van der Waals surface area contributed by atoms with Crippen LogP contribution in [0.4, 0.5) is 5.69 Å². The summed E-state index contributed by atoms with van der Waals surface area (Å²) in [6.45, 7) is 6.51. The minimum absolute atomic E-state index is 0.0247. The highest BCUT2D eigenvalue weighted by molar-refractivity contribution is 7.98. The summed E-state index contributed by atoms with van der Waals surface area (Å²) in [5.41, 5.74) is 3.08. The maximum Gasteiger partial charge on any atom is 0.255 e. The number of benzene rings is 2. The fraction of sp³-hybridized carbons (Fsp3) is 0.350. The molecular weight excluding hydrogens is 352 g/mol. The molecule has 2 aromatic rings. The second kappa shape index (κ2) is 7.71. The van der Waals surface area contributed by atoms with Crippen molar-refractivity contribution in [2.45, 2.75) is 24.8 Å². The lowest BCUT2D eigenvalue weighted by atomic mass is 10.1. The highest BCUT2D eigenvalue weighted by atomic mass is 35.5. The van der Waals surface area contributed by atoms with Gasteiger partial charge in [0.15, 0.2) is 0 Å². The van der Waals surface area contributed by atoms with Crippen LogP contribution in [0.5, 0.6) is 0 Å². The number of carbonyl (C=O) groups excluding carboxylic acids is 1. The van der Waals surface area contributed by atoms with Gasteiger partial charge in [-0.1, -0.05) is 23.7 Å². The van der Waals surface area contributed by atoms with E-state index < -0.39 is 0 Å². The number of thioether (sulfide) groups is 1. The van der Waals surface area contributed by atoms with Gasteiger partial charge in [0.2, 0.25) is 0 Å². The predicted molar refractivity (Wildman–Crippen MR) is 107 cm³/mol. The van der Waals surface area contributed by atoms with Crippen molar-refractivity contribution in [3.8, 4) is 0 Å². The number of rotatable bonds is 3. The number of nitrogens with zero attached hydrogens (tertiary/aromatic N) is 2. The van der Waals surface area contributed by atoms with Crippen LogP contribution in [0.15, 0.2) is 47.4 Å². The average molecular weight is 375 g/mol. The molecule has 0 aromatic heterocycles. The highest BCUT2D eigenvalue weighted by Gasteiger charge is 2.28. The Kier molecular flexibility index (Phi) is 5.60. The van der Waals surface area contributed by atoms with E-state index in [1.165, 1.54) is 11.3 Å². The fourth-order valence-corrected chi connectivity index (χ4v) is 3.94. The Hall–Kier alpha value is -1.65. The number of anilines is 1. The molecule has 0 aliphatic carbocycles. The van der Waals surface area contributed by atoms with E-state index in [0.717, 1.165) is 11.4 Å². The molecule has 5 heteroatoms. The minimum atomic E-state index is 0.0247. The van der Waals surface area contributed by atoms with Crippen LogP contribution in [-0.4, -0.2) is 42.7 Å². The van der Waals surface area contributed by atoms with E-state index in [-0.39, 0.29) is 11.9 Å². The maximum atomic E-state index is 12.9. The molecule has 1 aliphatic heterocycles. The van der Waals surface area contributed by atoms with E-state index >= 15 is 0 Å². The van der Waals surface area contributed by atoms with Crippen LogP contribution in [0, 0.1) is 6.92 Å². The molecule has 2 aromatic carbocycles. The van der Waals surface area contributed by atoms with Crippen molar-refractivity contribution in [3.05, 3.63) is 58.6 Å². The van der Waals surface area contributed by atoms with E-state index in [0.29, 0.717) is 23.7 Å². The molecule has 1 aliphatic rings. The van der Waals surface area contributed by atoms with Gasteiger partial charge in [0, 0.05) is 36.3 Å². The Morgan fingerprint density at radius 3 is 2.68 bits per heavy atom. The zero-order valence-corrected chi connectivity index (χ0v) is 16.4. The van der Waals surface area contributed by atoms with Crippen LogP contribution in [-0.2, 0) is 0 Å². The quantitative estimate of drug-likeness (QED) is 0.726. The van der Waals surface area contributed by atoms with Crippen LogP contribution in [0.3, 0.4) is 0 Å².